The van der Waals surface area contributed by atoms with E-state index in [-0.39, 0.29) is 17.6 Å². The van der Waals surface area contributed by atoms with Crippen molar-refractivity contribution in [3.63, 3.8) is 0 Å². The van der Waals surface area contributed by atoms with E-state index >= 15 is 0 Å². The summed E-state index contributed by atoms with van der Waals surface area (Å²) >= 11 is 0. The predicted molar refractivity (Wildman–Crippen MR) is 104 cm³/mol. The number of piperidine rings is 1. The molecule has 6 heteroatoms. The maximum atomic E-state index is 13.1. The van der Waals surface area contributed by atoms with Crippen molar-refractivity contribution in [2.75, 3.05) is 18.0 Å². The largest absolute Gasteiger partial charge is 0.388 e. The Hall–Kier alpha value is -2.86. The monoisotopic (exact) mass is 381 g/mol. The van der Waals surface area contributed by atoms with Gasteiger partial charge in [0.15, 0.2) is 5.82 Å². The van der Waals surface area contributed by atoms with Gasteiger partial charge in [-0.2, -0.15) is 0 Å². The van der Waals surface area contributed by atoms with Crippen LogP contribution in [0.1, 0.15) is 24.5 Å². The van der Waals surface area contributed by atoms with Gasteiger partial charge in [-0.25, -0.2) is 8.78 Å². The van der Waals surface area contributed by atoms with Gasteiger partial charge in [0, 0.05) is 18.7 Å². The number of benzene rings is 2. The van der Waals surface area contributed by atoms with Crippen LogP contribution >= 0.6 is 0 Å². The molecule has 0 unspecified atom stereocenters. The zero-order chi connectivity index (χ0) is 19.5. The highest BCUT2D eigenvalue weighted by molar-refractivity contribution is 5.59. The number of hydrogen-bond donors (Lipinski definition) is 1. The van der Waals surface area contributed by atoms with E-state index in [2.05, 4.69) is 15.1 Å². The molecule has 3 aromatic rings. The normalized spacial score (nSPS) is 16.2. The van der Waals surface area contributed by atoms with Crippen LogP contribution in [0.15, 0.2) is 60.7 Å². The minimum absolute atomic E-state index is 0.133. The molecular formula is C22H21F2N3O. The van der Waals surface area contributed by atoms with E-state index in [1.807, 2.05) is 12.1 Å². The van der Waals surface area contributed by atoms with Gasteiger partial charge in [-0.05, 0) is 72.9 Å². The molecule has 4 nitrogen and oxygen atoms in total. The Bertz CT molecular complexity index is 906. The van der Waals surface area contributed by atoms with Gasteiger partial charge in [-0.1, -0.05) is 12.1 Å². The summed E-state index contributed by atoms with van der Waals surface area (Å²) in [7, 11) is 0. The topological polar surface area (TPSA) is 49.2 Å². The number of nitrogens with zero attached hydrogens (tertiary/aromatic N) is 3. The predicted octanol–water partition coefficient (Wildman–Crippen LogP) is 4.37. The van der Waals surface area contributed by atoms with E-state index < -0.39 is 6.10 Å². The van der Waals surface area contributed by atoms with Crippen molar-refractivity contribution in [3.8, 4) is 11.3 Å². The first-order valence-corrected chi connectivity index (χ1v) is 9.38. The number of aliphatic hydroxyl groups excluding tert-OH is 1. The molecule has 1 aromatic heterocycles. The summed E-state index contributed by atoms with van der Waals surface area (Å²) in [4.78, 5) is 2.15. The number of hydrogen-bond acceptors (Lipinski definition) is 4. The summed E-state index contributed by atoms with van der Waals surface area (Å²) in [6, 6.07) is 16.0. The van der Waals surface area contributed by atoms with E-state index in [1.165, 1.54) is 24.3 Å². The van der Waals surface area contributed by atoms with Crippen LogP contribution in [-0.2, 0) is 0 Å². The SMILES string of the molecule is O[C@@H](c1ccc(F)cc1)C1CCN(c2ccc(-c3ccc(F)cc3)nn2)CC1. The second kappa shape index (κ2) is 8.02. The highest BCUT2D eigenvalue weighted by atomic mass is 19.1. The lowest BCUT2D eigenvalue weighted by atomic mass is 9.87. The van der Waals surface area contributed by atoms with Crippen molar-refractivity contribution in [2.24, 2.45) is 5.92 Å². The Morgan fingerprint density at radius 2 is 1.43 bits per heavy atom. The van der Waals surface area contributed by atoms with Gasteiger partial charge in [0.25, 0.3) is 0 Å². The number of aromatic nitrogens is 2. The molecule has 2 heterocycles. The lowest BCUT2D eigenvalue weighted by Gasteiger charge is -2.34. The van der Waals surface area contributed by atoms with Gasteiger partial charge >= 0.3 is 0 Å². The van der Waals surface area contributed by atoms with Gasteiger partial charge in [-0.3, -0.25) is 0 Å². The van der Waals surface area contributed by atoms with Crippen LogP contribution in [0.25, 0.3) is 11.3 Å². The van der Waals surface area contributed by atoms with Gasteiger partial charge in [0.1, 0.15) is 11.6 Å². The standard InChI is InChI=1S/C22H21F2N3O/c23-18-5-1-15(2-6-18)20-9-10-21(26-25-20)27-13-11-17(12-14-27)22(28)16-3-7-19(24)8-4-16/h1-10,17,22,28H,11-14H2/t22-/m0/s1. The Labute approximate surface area is 162 Å². The van der Waals surface area contributed by atoms with Gasteiger partial charge in [-0.15, -0.1) is 10.2 Å². The summed E-state index contributed by atoms with van der Waals surface area (Å²) in [5, 5.41) is 19.2. The molecule has 1 fully saturated rings. The second-order valence-corrected chi connectivity index (χ2v) is 7.10. The molecule has 1 saturated heterocycles. The summed E-state index contributed by atoms with van der Waals surface area (Å²) < 4.78 is 26.1. The molecule has 0 bridgehead atoms. The van der Waals surface area contributed by atoms with Crippen LogP contribution < -0.4 is 4.90 Å². The second-order valence-electron chi connectivity index (χ2n) is 7.10. The smallest absolute Gasteiger partial charge is 0.151 e. The molecule has 1 aliphatic rings. The number of aliphatic hydroxyl groups is 1. The molecule has 2 aromatic carbocycles. The van der Waals surface area contributed by atoms with Gasteiger partial charge in [0.05, 0.1) is 11.8 Å². The molecule has 4 rings (SSSR count). The van der Waals surface area contributed by atoms with Crippen molar-refractivity contribution in [1.82, 2.24) is 10.2 Å². The van der Waals surface area contributed by atoms with E-state index in [4.69, 9.17) is 0 Å². The van der Waals surface area contributed by atoms with Crippen molar-refractivity contribution >= 4 is 5.82 Å². The average Bonchev–Trinajstić information content (AvgIpc) is 2.75. The minimum atomic E-state index is -0.588. The highest BCUT2D eigenvalue weighted by Gasteiger charge is 2.27. The van der Waals surface area contributed by atoms with Crippen LogP contribution in [-0.4, -0.2) is 28.4 Å². The fraction of sp³-hybridized carbons (Fsp3) is 0.273. The zero-order valence-corrected chi connectivity index (χ0v) is 15.3. The third-order valence-electron chi connectivity index (χ3n) is 5.31. The molecule has 1 N–H and O–H groups in total. The fourth-order valence-corrected chi connectivity index (χ4v) is 3.64. The number of halogens is 2. The summed E-state index contributed by atoms with van der Waals surface area (Å²) in [6.07, 6.45) is 1.05. The van der Waals surface area contributed by atoms with Crippen molar-refractivity contribution < 1.29 is 13.9 Å². The molecule has 1 atom stereocenters. The Morgan fingerprint density at radius 3 is 2.00 bits per heavy atom. The first kappa shape index (κ1) is 18.5. The molecular weight excluding hydrogens is 360 g/mol. The first-order chi connectivity index (χ1) is 13.6. The maximum absolute atomic E-state index is 13.1. The molecule has 0 spiro atoms. The Kier molecular flexibility index (Phi) is 5.30. The average molecular weight is 381 g/mol. The van der Waals surface area contributed by atoms with Crippen molar-refractivity contribution in [1.29, 1.82) is 0 Å². The summed E-state index contributed by atoms with van der Waals surface area (Å²) in [5.41, 5.74) is 2.27. The van der Waals surface area contributed by atoms with E-state index in [1.54, 1.807) is 24.3 Å². The molecule has 28 heavy (non-hydrogen) atoms. The zero-order valence-electron chi connectivity index (χ0n) is 15.3. The highest BCUT2D eigenvalue weighted by Crippen LogP contribution is 2.32. The molecule has 144 valence electrons. The Balaban J connectivity index is 1.38. The fourth-order valence-electron chi connectivity index (χ4n) is 3.64. The van der Waals surface area contributed by atoms with Crippen molar-refractivity contribution in [3.05, 3.63) is 77.9 Å². The Morgan fingerprint density at radius 1 is 0.821 bits per heavy atom. The third-order valence-corrected chi connectivity index (χ3v) is 5.31. The minimum Gasteiger partial charge on any atom is -0.388 e. The summed E-state index contributed by atoms with van der Waals surface area (Å²) in [5.74, 6) is 0.348. The number of rotatable bonds is 4. The molecule has 1 aliphatic heterocycles. The quantitative estimate of drug-likeness (QED) is 0.729. The lowest BCUT2D eigenvalue weighted by Crippen LogP contribution is -2.36. The molecule has 0 aliphatic carbocycles. The lowest BCUT2D eigenvalue weighted by molar-refractivity contribution is 0.0928. The summed E-state index contributed by atoms with van der Waals surface area (Å²) in [6.45, 7) is 1.54. The molecule has 0 radical (unpaired) electrons. The van der Waals surface area contributed by atoms with E-state index in [9.17, 15) is 13.9 Å². The van der Waals surface area contributed by atoms with Crippen molar-refractivity contribution in [2.45, 2.75) is 18.9 Å². The number of anilines is 1. The van der Waals surface area contributed by atoms with Crippen LogP contribution in [0.4, 0.5) is 14.6 Å². The van der Waals surface area contributed by atoms with Crippen LogP contribution in [0.5, 0.6) is 0 Å². The van der Waals surface area contributed by atoms with E-state index in [0.717, 1.165) is 42.9 Å². The third kappa shape index (κ3) is 4.02. The maximum Gasteiger partial charge on any atom is 0.151 e. The molecule has 0 amide bonds. The first-order valence-electron chi connectivity index (χ1n) is 9.38. The van der Waals surface area contributed by atoms with E-state index in [0.29, 0.717) is 5.69 Å². The van der Waals surface area contributed by atoms with Gasteiger partial charge < -0.3 is 10.0 Å². The van der Waals surface area contributed by atoms with Gasteiger partial charge in [0.2, 0.25) is 0 Å². The van der Waals surface area contributed by atoms with Crippen LogP contribution in [0, 0.1) is 17.6 Å². The van der Waals surface area contributed by atoms with Crippen LogP contribution in [0.3, 0.4) is 0 Å². The molecule has 0 saturated carbocycles. The van der Waals surface area contributed by atoms with Crippen LogP contribution in [0.2, 0.25) is 0 Å².